The lowest BCUT2D eigenvalue weighted by Crippen LogP contribution is -2.50. The molecule has 0 aliphatic heterocycles. The highest BCUT2D eigenvalue weighted by molar-refractivity contribution is 6.30. The van der Waals surface area contributed by atoms with Crippen molar-refractivity contribution < 1.29 is 14.7 Å². The van der Waals surface area contributed by atoms with E-state index in [0.29, 0.717) is 10.7 Å². The zero-order chi connectivity index (χ0) is 14.6. The topological polar surface area (TPSA) is 78.4 Å². The number of rotatable bonds is 3. The van der Waals surface area contributed by atoms with E-state index in [2.05, 4.69) is 10.6 Å². The molecule has 0 aliphatic rings. The summed E-state index contributed by atoms with van der Waals surface area (Å²) in [5.41, 5.74) is -0.0386. The SMILES string of the molecule is CC(C)(C)[C@@H](NC(=O)Nc1ccc(Cl)cc1)C(=O)O. The molecule has 3 N–H and O–H groups in total. The van der Waals surface area contributed by atoms with Gasteiger partial charge in [-0.25, -0.2) is 9.59 Å². The average Bonchev–Trinajstić information content (AvgIpc) is 2.27. The van der Waals surface area contributed by atoms with Crippen LogP contribution in [0, 0.1) is 5.41 Å². The molecule has 0 saturated carbocycles. The average molecular weight is 285 g/mol. The first-order valence-electron chi connectivity index (χ1n) is 5.76. The molecule has 1 aromatic carbocycles. The summed E-state index contributed by atoms with van der Waals surface area (Å²) in [5, 5.41) is 14.7. The lowest BCUT2D eigenvalue weighted by Gasteiger charge is -2.27. The molecule has 1 aromatic rings. The molecule has 1 rings (SSSR count). The summed E-state index contributed by atoms with van der Waals surface area (Å²) in [6.07, 6.45) is 0. The summed E-state index contributed by atoms with van der Waals surface area (Å²) >= 11 is 5.73. The van der Waals surface area contributed by atoms with Crippen LogP contribution in [0.15, 0.2) is 24.3 Å². The van der Waals surface area contributed by atoms with Gasteiger partial charge in [-0.2, -0.15) is 0 Å². The van der Waals surface area contributed by atoms with Crippen LogP contribution in [-0.4, -0.2) is 23.1 Å². The third-order valence-electron chi connectivity index (χ3n) is 2.49. The normalized spacial score (nSPS) is 12.6. The van der Waals surface area contributed by atoms with Crippen molar-refractivity contribution in [2.24, 2.45) is 5.41 Å². The molecule has 6 heteroatoms. The van der Waals surface area contributed by atoms with Crippen LogP contribution in [0.4, 0.5) is 10.5 Å². The van der Waals surface area contributed by atoms with Crippen molar-refractivity contribution >= 4 is 29.3 Å². The van der Waals surface area contributed by atoms with E-state index in [1.54, 1.807) is 45.0 Å². The van der Waals surface area contributed by atoms with Crippen LogP contribution < -0.4 is 10.6 Å². The van der Waals surface area contributed by atoms with Gasteiger partial charge in [-0.15, -0.1) is 0 Å². The molecule has 1 atom stereocenters. The molecule has 2 amide bonds. The highest BCUT2D eigenvalue weighted by Gasteiger charge is 2.32. The van der Waals surface area contributed by atoms with E-state index in [1.165, 1.54) is 0 Å². The largest absolute Gasteiger partial charge is 0.480 e. The van der Waals surface area contributed by atoms with Gasteiger partial charge in [0.25, 0.3) is 0 Å². The van der Waals surface area contributed by atoms with E-state index in [4.69, 9.17) is 16.7 Å². The molecule has 0 spiro atoms. The van der Waals surface area contributed by atoms with Crippen molar-refractivity contribution in [2.45, 2.75) is 26.8 Å². The van der Waals surface area contributed by atoms with E-state index >= 15 is 0 Å². The highest BCUT2D eigenvalue weighted by Crippen LogP contribution is 2.20. The molecule has 0 unspecified atom stereocenters. The Bertz CT molecular complexity index is 466. The van der Waals surface area contributed by atoms with Gasteiger partial charge in [-0.05, 0) is 29.7 Å². The van der Waals surface area contributed by atoms with Gasteiger partial charge in [-0.1, -0.05) is 32.4 Å². The fraction of sp³-hybridized carbons (Fsp3) is 0.385. The molecule has 0 fully saturated rings. The second kappa shape index (κ2) is 5.93. The Kier molecular flexibility index (Phi) is 4.78. The first-order valence-corrected chi connectivity index (χ1v) is 6.14. The Balaban J connectivity index is 2.68. The standard InChI is InChI=1S/C13H17ClN2O3/c1-13(2,3)10(11(17)18)16-12(19)15-9-6-4-8(14)5-7-9/h4-7,10H,1-3H3,(H,17,18)(H2,15,16,19)/t10-/m0/s1. The van der Waals surface area contributed by atoms with E-state index in [1.807, 2.05) is 0 Å². The lowest BCUT2D eigenvalue weighted by molar-refractivity contribution is -0.141. The molecular formula is C13H17ClN2O3. The van der Waals surface area contributed by atoms with E-state index in [0.717, 1.165) is 0 Å². The predicted molar refractivity (Wildman–Crippen MR) is 74.5 cm³/mol. The summed E-state index contributed by atoms with van der Waals surface area (Å²) in [7, 11) is 0. The van der Waals surface area contributed by atoms with Crippen LogP contribution in [0.1, 0.15) is 20.8 Å². The quantitative estimate of drug-likeness (QED) is 0.798. The van der Waals surface area contributed by atoms with E-state index in [-0.39, 0.29) is 0 Å². The van der Waals surface area contributed by atoms with Crippen molar-refractivity contribution in [2.75, 3.05) is 5.32 Å². The Morgan fingerprint density at radius 1 is 1.21 bits per heavy atom. The van der Waals surface area contributed by atoms with Crippen LogP contribution in [0.25, 0.3) is 0 Å². The molecule has 19 heavy (non-hydrogen) atoms. The van der Waals surface area contributed by atoms with Gasteiger partial charge in [0, 0.05) is 10.7 Å². The fourth-order valence-electron chi connectivity index (χ4n) is 1.48. The third kappa shape index (κ3) is 4.79. The number of amides is 2. The second-order valence-electron chi connectivity index (χ2n) is 5.24. The Morgan fingerprint density at radius 2 is 1.74 bits per heavy atom. The number of carbonyl (C=O) groups is 2. The van der Waals surface area contributed by atoms with Gasteiger partial charge in [0.2, 0.25) is 0 Å². The van der Waals surface area contributed by atoms with Gasteiger partial charge in [-0.3, -0.25) is 0 Å². The minimum Gasteiger partial charge on any atom is -0.480 e. The molecule has 0 bridgehead atoms. The Labute approximate surface area is 117 Å². The highest BCUT2D eigenvalue weighted by atomic mass is 35.5. The summed E-state index contributed by atoms with van der Waals surface area (Å²) in [5.74, 6) is -1.07. The number of carboxylic acids is 1. The summed E-state index contributed by atoms with van der Waals surface area (Å²) < 4.78 is 0. The molecule has 0 radical (unpaired) electrons. The summed E-state index contributed by atoms with van der Waals surface area (Å²) in [6, 6.07) is 5.00. The number of anilines is 1. The molecular weight excluding hydrogens is 268 g/mol. The lowest BCUT2D eigenvalue weighted by atomic mass is 9.87. The number of carboxylic acid groups (broad SMARTS) is 1. The maximum atomic E-state index is 11.7. The monoisotopic (exact) mass is 284 g/mol. The van der Waals surface area contributed by atoms with Crippen molar-refractivity contribution in [1.82, 2.24) is 5.32 Å². The fourth-order valence-corrected chi connectivity index (χ4v) is 1.61. The van der Waals surface area contributed by atoms with E-state index < -0.39 is 23.5 Å². The minimum atomic E-state index is -1.07. The number of urea groups is 1. The number of hydrogen-bond acceptors (Lipinski definition) is 2. The number of carbonyl (C=O) groups excluding carboxylic acids is 1. The Hall–Kier alpha value is -1.75. The molecule has 0 heterocycles. The molecule has 0 saturated heterocycles. The number of halogens is 1. The van der Waals surface area contributed by atoms with Gasteiger partial charge in [0.1, 0.15) is 6.04 Å². The van der Waals surface area contributed by atoms with Crippen LogP contribution >= 0.6 is 11.6 Å². The van der Waals surface area contributed by atoms with Gasteiger partial charge >= 0.3 is 12.0 Å². The first-order chi connectivity index (χ1) is 8.70. The predicted octanol–water partition coefficient (Wildman–Crippen LogP) is 2.96. The maximum Gasteiger partial charge on any atom is 0.326 e. The zero-order valence-corrected chi connectivity index (χ0v) is 11.8. The van der Waals surface area contributed by atoms with Gasteiger partial charge < -0.3 is 15.7 Å². The molecule has 0 aliphatic carbocycles. The Morgan fingerprint density at radius 3 is 2.16 bits per heavy atom. The van der Waals surface area contributed by atoms with Crippen LogP contribution in [-0.2, 0) is 4.79 Å². The smallest absolute Gasteiger partial charge is 0.326 e. The second-order valence-corrected chi connectivity index (χ2v) is 5.68. The van der Waals surface area contributed by atoms with Crippen molar-refractivity contribution in [3.63, 3.8) is 0 Å². The van der Waals surface area contributed by atoms with Crippen LogP contribution in [0.5, 0.6) is 0 Å². The summed E-state index contributed by atoms with van der Waals surface area (Å²) in [4.78, 5) is 22.9. The van der Waals surface area contributed by atoms with Crippen molar-refractivity contribution in [1.29, 1.82) is 0 Å². The van der Waals surface area contributed by atoms with Gasteiger partial charge in [0.15, 0.2) is 0 Å². The molecule has 104 valence electrons. The number of benzene rings is 1. The van der Waals surface area contributed by atoms with Gasteiger partial charge in [0.05, 0.1) is 0 Å². The van der Waals surface area contributed by atoms with E-state index in [9.17, 15) is 9.59 Å². The van der Waals surface area contributed by atoms with Crippen LogP contribution in [0.2, 0.25) is 5.02 Å². The maximum absolute atomic E-state index is 11.7. The van der Waals surface area contributed by atoms with Crippen molar-refractivity contribution in [3.05, 3.63) is 29.3 Å². The molecule has 5 nitrogen and oxygen atoms in total. The minimum absolute atomic E-state index is 0.542. The number of nitrogens with one attached hydrogen (secondary N) is 2. The zero-order valence-electron chi connectivity index (χ0n) is 11.0. The summed E-state index contributed by atoms with van der Waals surface area (Å²) in [6.45, 7) is 5.23. The number of aliphatic carboxylic acids is 1. The first kappa shape index (κ1) is 15.3. The number of hydrogen-bond donors (Lipinski definition) is 3. The third-order valence-corrected chi connectivity index (χ3v) is 2.74. The molecule has 0 aromatic heterocycles. The van der Waals surface area contributed by atoms with Crippen molar-refractivity contribution in [3.8, 4) is 0 Å². The van der Waals surface area contributed by atoms with Crippen LogP contribution in [0.3, 0.4) is 0 Å².